The highest BCUT2D eigenvalue weighted by Crippen LogP contribution is 2.48. The summed E-state index contributed by atoms with van der Waals surface area (Å²) in [5.74, 6) is 0. The maximum Gasteiger partial charge on any atom is 0.0433 e. The molecule has 1 heteroatoms. The number of fused-ring (bicyclic) bond motifs is 6. The van der Waals surface area contributed by atoms with Crippen LogP contribution in [0.3, 0.4) is 0 Å². The monoisotopic (exact) mass is 638 g/mol. The maximum absolute atomic E-state index is 2.46. The molecule has 49 heavy (non-hydrogen) atoms. The van der Waals surface area contributed by atoms with Crippen molar-refractivity contribution in [2.24, 2.45) is 0 Å². The van der Waals surface area contributed by atoms with Gasteiger partial charge in [0.15, 0.2) is 0 Å². The highest BCUT2D eigenvalue weighted by molar-refractivity contribution is 7.26. The molecule has 0 saturated carbocycles. The van der Waals surface area contributed by atoms with E-state index in [-0.39, 0.29) is 0 Å². The third-order valence-electron chi connectivity index (χ3n) is 10.1. The first kappa shape index (κ1) is 28.0. The van der Waals surface area contributed by atoms with Crippen molar-refractivity contribution in [3.63, 3.8) is 0 Å². The van der Waals surface area contributed by atoms with Crippen LogP contribution in [-0.4, -0.2) is 0 Å². The first-order valence-electron chi connectivity index (χ1n) is 16.8. The van der Waals surface area contributed by atoms with Crippen LogP contribution in [0, 0.1) is 0 Å². The van der Waals surface area contributed by atoms with Crippen molar-refractivity contribution < 1.29 is 0 Å². The molecule has 0 amide bonds. The van der Waals surface area contributed by atoms with E-state index in [0.717, 1.165) is 0 Å². The van der Waals surface area contributed by atoms with Gasteiger partial charge in [0.25, 0.3) is 0 Å². The first-order chi connectivity index (χ1) is 24.3. The van der Waals surface area contributed by atoms with E-state index in [9.17, 15) is 0 Å². The standard InChI is InChI=1S/C48H30S/c1-2-13-31(14-3-1)33-17-10-18-35(29-33)46-40-21-6-7-22-41(40)47(39-24-11-16-32-15-4-5-19-36(32)39)42-28-27-34(30-44(42)46)37-23-12-25-43-38-20-8-9-26-45(38)49-48(37)43/h1-30H. The molecule has 0 spiro atoms. The SMILES string of the molecule is c1ccc(-c2cccc(-c3c4ccccc4c(-c4cccc5ccccc45)c4ccc(-c5cccc6c5sc5ccccc56)cc34)c2)cc1. The lowest BCUT2D eigenvalue weighted by Crippen LogP contribution is -1.93. The summed E-state index contributed by atoms with van der Waals surface area (Å²) < 4.78 is 2.67. The molecule has 0 unspecified atom stereocenters. The Morgan fingerprint density at radius 1 is 0.286 bits per heavy atom. The van der Waals surface area contributed by atoms with Gasteiger partial charge in [-0.1, -0.05) is 164 Å². The Hall–Kier alpha value is -6.02. The number of hydrogen-bond donors (Lipinski definition) is 0. The molecule has 0 aliphatic heterocycles. The molecule has 0 radical (unpaired) electrons. The quantitative estimate of drug-likeness (QED) is 0.168. The molecule has 0 atom stereocenters. The van der Waals surface area contributed by atoms with Crippen LogP contribution in [0.2, 0.25) is 0 Å². The molecule has 0 nitrogen and oxygen atoms in total. The van der Waals surface area contributed by atoms with Gasteiger partial charge in [0.2, 0.25) is 0 Å². The number of rotatable bonds is 4. The van der Waals surface area contributed by atoms with Gasteiger partial charge in [0.1, 0.15) is 0 Å². The van der Waals surface area contributed by atoms with E-state index in [1.807, 2.05) is 11.3 Å². The lowest BCUT2D eigenvalue weighted by atomic mass is 9.83. The molecular weight excluding hydrogens is 609 g/mol. The fraction of sp³-hybridized carbons (Fsp3) is 0. The Bertz CT molecular complexity index is 2870. The number of thiophene rings is 1. The maximum atomic E-state index is 2.46. The Balaban J connectivity index is 1.33. The van der Waals surface area contributed by atoms with Crippen LogP contribution in [0.25, 0.3) is 97.0 Å². The van der Waals surface area contributed by atoms with Gasteiger partial charge in [0, 0.05) is 20.2 Å². The van der Waals surface area contributed by atoms with E-state index in [1.165, 1.54) is 97.0 Å². The van der Waals surface area contributed by atoms with Crippen LogP contribution in [0.15, 0.2) is 182 Å². The average Bonchev–Trinajstić information content (AvgIpc) is 3.56. The topological polar surface area (TPSA) is 0 Å². The Labute approximate surface area is 289 Å². The van der Waals surface area contributed by atoms with Gasteiger partial charge in [-0.05, 0) is 95.0 Å². The summed E-state index contributed by atoms with van der Waals surface area (Å²) in [6, 6.07) is 67.0. The molecule has 10 aromatic rings. The normalized spacial score (nSPS) is 11.7. The summed E-state index contributed by atoms with van der Waals surface area (Å²) in [5.41, 5.74) is 10.0. The summed E-state index contributed by atoms with van der Waals surface area (Å²) in [7, 11) is 0. The Morgan fingerprint density at radius 3 is 1.76 bits per heavy atom. The molecule has 0 bridgehead atoms. The minimum absolute atomic E-state index is 1.22. The second-order valence-corrected chi connectivity index (χ2v) is 13.9. The van der Waals surface area contributed by atoms with Gasteiger partial charge >= 0.3 is 0 Å². The third kappa shape index (κ3) is 4.51. The van der Waals surface area contributed by atoms with Crippen LogP contribution in [0.1, 0.15) is 0 Å². The lowest BCUT2D eigenvalue weighted by Gasteiger charge is -2.20. The van der Waals surface area contributed by atoms with Crippen LogP contribution in [0.4, 0.5) is 0 Å². The van der Waals surface area contributed by atoms with Crippen molar-refractivity contribution >= 4 is 63.8 Å². The van der Waals surface area contributed by atoms with Crippen LogP contribution >= 0.6 is 11.3 Å². The number of hydrogen-bond acceptors (Lipinski definition) is 1. The van der Waals surface area contributed by atoms with E-state index < -0.39 is 0 Å². The van der Waals surface area contributed by atoms with Crippen LogP contribution < -0.4 is 0 Å². The minimum atomic E-state index is 1.22. The molecular formula is C48H30S. The zero-order valence-corrected chi connectivity index (χ0v) is 27.5. The largest absolute Gasteiger partial charge is 0.135 e. The summed E-state index contributed by atoms with van der Waals surface area (Å²) >= 11 is 1.89. The number of benzene rings is 9. The minimum Gasteiger partial charge on any atom is -0.135 e. The zero-order valence-electron chi connectivity index (χ0n) is 26.7. The van der Waals surface area contributed by atoms with Gasteiger partial charge in [0.05, 0.1) is 0 Å². The van der Waals surface area contributed by atoms with Crippen molar-refractivity contribution in [3.05, 3.63) is 182 Å². The van der Waals surface area contributed by atoms with E-state index in [4.69, 9.17) is 0 Å². The van der Waals surface area contributed by atoms with Gasteiger partial charge in [-0.2, -0.15) is 0 Å². The molecule has 10 rings (SSSR count). The van der Waals surface area contributed by atoms with Gasteiger partial charge in [-0.25, -0.2) is 0 Å². The molecule has 0 fully saturated rings. The molecule has 228 valence electrons. The summed E-state index contributed by atoms with van der Waals surface area (Å²) in [6.45, 7) is 0. The molecule has 1 heterocycles. The second-order valence-electron chi connectivity index (χ2n) is 12.8. The predicted octanol–water partition coefficient (Wildman–Crippen LogP) is 14.2. The summed E-state index contributed by atoms with van der Waals surface area (Å²) in [6.07, 6.45) is 0. The molecule has 0 N–H and O–H groups in total. The van der Waals surface area contributed by atoms with Gasteiger partial charge < -0.3 is 0 Å². The average molecular weight is 639 g/mol. The fourth-order valence-corrected chi connectivity index (χ4v) is 9.09. The predicted molar refractivity (Wildman–Crippen MR) is 214 cm³/mol. The Kier molecular flexibility index (Phi) is 6.47. The molecule has 0 saturated heterocycles. The third-order valence-corrected chi connectivity index (χ3v) is 11.3. The van der Waals surface area contributed by atoms with E-state index in [0.29, 0.717) is 0 Å². The van der Waals surface area contributed by atoms with Gasteiger partial charge in [-0.3, -0.25) is 0 Å². The smallest absolute Gasteiger partial charge is 0.0433 e. The van der Waals surface area contributed by atoms with Crippen molar-refractivity contribution in [1.29, 1.82) is 0 Å². The van der Waals surface area contributed by atoms with Crippen LogP contribution in [-0.2, 0) is 0 Å². The second kappa shape index (κ2) is 11.3. The van der Waals surface area contributed by atoms with Crippen LogP contribution in [0.5, 0.6) is 0 Å². The van der Waals surface area contributed by atoms with Crippen molar-refractivity contribution in [2.75, 3.05) is 0 Å². The van der Waals surface area contributed by atoms with Crippen molar-refractivity contribution in [3.8, 4) is 44.5 Å². The lowest BCUT2D eigenvalue weighted by molar-refractivity contribution is 1.61. The van der Waals surface area contributed by atoms with E-state index in [2.05, 4.69) is 182 Å². The summed E-state index contributed by atoms with van der Waals surface area (Å²) in [4.78, 5) is 0. The summed E-state index contributed by atoms with van der Waals surface area (Å²) in [5, 5.41) is 10.2. The highest BCUT2D eigenvalue weighted by Gasteiger charge is 2.20. The molecule has 0 aliphatic rings. The zero-order chi connectivity index (χ0) is 32.3. The Morgan fingerprint density at radius 2 is 0.878 bits per heavy atom. The van der Waals surface area contributed by atoms with Crippen molar-refractivity contribution in [1.82, 2.24) is 0 Å². The van der Waals surface area contributed by atoms with E-state index >= 15 is 0 Å². The molecule has 1 aromatic heterocycles. The molecule has 9 aromatic carbocycles. The van der Waals surface area contributed by atoms with Gasteiger partial charge in [-0.15, -0.1) is 11.3 Å². The molecule has 0 aliphatic carbocycles. The highest BCUT2D eigenvalue weighted by atomic mass is 32.1. The van der Waals surface area contributed by atoms with E-state index in [1.54, 1.807) is 0 Å². The fourth-order valence-electron chi connectivity index (χ4n) is 7.85. The van der Waals surface area contributed by atoms with Crippen molar-refractivity contribution in [2.45, 2.75) is 0 Å². The first-order valence-corrected chi connectivity index (χ1v) is 17.7.